The molecule has 0 fully saturated rings. The second-order valence-electron chi connectivity index (χ2n) is 5.79. The molecule has 36 heavy (non-hydrogen) atoms. The van der Waals surface area contributed by atoms with Crippen LogP contribution in [0, 0.1) is 118 Å². The van der Waals surface area contributed by atoms with E-state index in [0.29, 0.717) is 6.42 Å². The number of carbonyl (C=O) groups is 2. The molecule has 0 atom stereocenters. The number of hydrazine groups is 1. The average molecular weight is 462 g/mol. The second kappa shape index (κ2) is 19.3. The van der Waals surface area contributed by atoms with Crippen LogP contribution in [0.3, 0.4) is 0 Å². The zero-order valence-corrected chi connectivity index (χ0v) is 19.0. The highest BCUT2D eigenvalue weighted by Crippen LogP contribution is 2.10. The summed E-state index contributed by atoms with van der Waals surface area (Å²) in [4.78, 5) is 23.3. The largest absolute Gasteiger partial charge is 0.508 e. The number of phenols is 1. The lowest BCUT2D eigenvalue weighted by atomic mass is 10.1. The first-order chi connectivity index (χ1) is 17.6. The SMILES string of the molecule is CC#CC#CC#CC#CC#CC#CC#CC#CC#CC#CC(=O)NNC(=O)CCc1ccc(O)cc1. The molecule has 5 heteroatoms. The smallest absolute Gasteiger partial charge is 0.315 e. The molecule has 0 radical (unpaired) electrons. The monoisotopic (exact) mass is 462 g/mol. The summed E-state index contributed by atoms with van der Waals surface area (Å²) >= 11 is 0. The van der Waals surface area contributed by atoms with Crippen LogP contribution in [-0.4, -0.2) is 16.9 Å². The van der Waals surface area contributed by atoms with E-state index in [1.165, 1.54) is 12.1 Å². The Morgan fingerprint density at radius 3 is 1.50 bits per heavy atom. The number of carbonyl (C=O) groups excluding carboxylic acids is 2. The molecule has 1 aromatic rings. The van der Waals surface area contributed by atoms with Gasteiger partial charge in [-0.25, -0.2) is 0 Å². The molecular formula is C31H14N2O3. The van der Waals surface area contributed by atoms with Gasteiger partial charge in [0.25, 0.3) is 0 Å². The Hall–Kier alpha value is -6.44. The van der Waals surface area contributed by atoms with Crippen LogP contribution in [0.5, 0.6) is 5.75 Å². The van der Waals surface area contributed by atoms with Gasteiger partial charge in [-0.15, -0.1) is 0 Å². The van der Waals surface area contributed by atoms with Gasteiger partial charge in [0.1, 0.15) is 5.75 Å². The molecular weight excluding hydrogens is 448 g/mol. The molecule has 5 nitrogen and oxygen atoms in total. The minimum absolute atomic E-state index is 0.151. The summed E-state index contributed by atoms with van der Waals surface area (Å²) < 4.78 is 0. The lowest BCUT2D eigenvalue weighted by molar-refractivity contribution is -0.126. The van der Waals surface area contributed by atoms with Crippen molar-refractivity contribution in [3.8, 4) is 124 Å². The van der Waals surface area contributed by atoms with Crippen LogP contribution in [-0.2, 0) is 16.0 Å². The topological polar surface area (TPSA) is 78.4 Å². The first kappa shape index (κ1) is 27.6. The van der Waals surface area contributed by atoms with Crippen molar-refractivity contribution in [3.63, 3.8) is 0 Å². The predicted molar refractivity (Wildman–Crippen MR) is 136 cm³/mol. The Morgan fingerprint density at radius 1 is 0.639 bits per heavy atom. The molecule has 0 aliphatic heterocycles. The highest BCUT2D eigenvalue weighted by molar-refractivity contribution is 5.95. The predicted octanol–water partition coefficient (Wildman–Crippen LogP) is 0.526. The standard InChI is InChI=1S/C31H14N2O3/c1-2-3-4-5-6-7-8-9-10-11-12-13-14-15-16-17-18-19-20-21-30(35)32-33-31(36)27-24-28-22-25-29(34)26-23-28/h22-23,25-26,34H,24,27H2,1H3,(H,32,35)(H,33,36). The molecule has 1 aromatic carbocycles. The molecule has 0 bridgehead atoms. The molecule has 0 spiro atoms. The molecule has 0 aliphatic rings. The molecule has 0 saturated heterocycles. The van der Waals surface area contributed by atoms with Crippen molar-refractivity contribution in [2.75, 3.05) is 0 Å². The fraction of sp³-hybridized carbons (Fsp3) is 0.0968. The summed E-state index contributed by atoms with van der Waals surface area (Å²) in [5, 5.41) is 9.22. The van der Waals surface area contributed by atoms with Gasteiger partial charge in [0.05, 0.1) is 0 Å². The molecule has 3 N–H and O–H groups in total. The lowest BCUT2D eigenvalue weighted by Gasteiger charge is -2.04. The van der Waals surface area contributed by atoms with Gasteiger partial charge in [-0.05, 0) is 126 Å². The summed E-state index contributed by atoms with van der Waals surface area (Å²) in [5.74, 6) is 48.1. The van der Waals surface area contributed by atoms with Crippen LogP contribution in [0.1, 0.15) is 18.9 Å². The highest BCUT2D eigenvalue weighted by Gasteiger charge is 2.03. The number of benzene rings is 1. The van der Waals surface area contributed by atoms with Gasteiger partial charge in [0, 0.05) is 24.2 Å². The number of nitrogens with one attached hydrogen (secondary N) is 2. The van der Waals surface area contributed by atoms with Crippen LogP contribution in [0.15, 0.2) is 24.3 Å². The van der Waals surface area contributed by atoms with Crippen LogP contribution in [0.4, 0.5) is 0 Å². The Labute approximate surface area is 211 Å². The van der Waals surface area contributed by atoms with E-state index in [9.17, 15) is 14.7 Å². The third-order valence-electron chi connectivity index (χ3n) is 3.26. The van der Waals surface area contributed by atoms with Crippen molar-refractivity contribution in [2.45, 2.75) is 19.8 Å². The van der Waals surface area contributed by atoms with Crippen molar-refractivity contribution in [2.24, 2.45) is 0 Å². The molecule has 0 aliphatic carbocycles. The minimum atomic E-state index is -0.723. The maximum absolute atomic E-state index is 11.7. The normalized spacial score (nSPS) is 6.47. The Balaban J connectivity index is 2.33. The van der Waals surface area contributed by atoms with Gasteiger partial charge in [-0.2, -0.15) is 0 Å². The molecule has 0 aromatic heterocycles. The number of aromatic hydroxyl groups is 1. The van der Waals surface area contributed by atoms with E-state index < -0.39 is 5.91 Å². The molecule has 1 rings (SSSR count). The Bertz CT molecular complexity index is 1630. The minimum Gasteiger partial charge on any atom is -0.508 e. The van der Waals surface area contributed by atoms with E-state index in [0.717, 1.165) is 5.56 Å². The number of hydrogen-bond donors (Lipinski definition) is 3. The zero-order chi connectivity index (χ0) is 26.1. The molecule has 0 unspecified atom stereocenters. The molecule has 0 heterocycles. The van der Waals surface area contributed by atoms with E-state index in [2.05, 4.69) is 129 Å². The summed E-state index contributed by atoms with van der Waals surface area (Å²) in [7, 11) is 0. The maximum Gasteiger partial charge on any atom is 0.315 e. The van der Waals surface area contributed by atoms with Crippen LogP contribution in [0.2, 0.25) is 0 Å². The van der Waals surface area contributed by atoms with Gasteiger partial charge in [0.15, 0.2) is 0 Å². The van der Waals surface area contributed by atoms with Crippen LogP contribution in [0.25, 0.3) is 0 Å². The summed E-state index contributed by atoms with van der Waals surface area (Å²) in [6, 6.07) is 6.49. The third kappa shape index (κ3) is 16.3. The zero-order valence-electron chi connectivity index (χ0n) is 19.0. The van der Waals surface area contributed by atoms with Gasteiger partial charge in [0.2, 0.25) is 5.91 Å². The highest BCUT2D eigenvalue weighted by atomic mass is 16.3. The van der Waals surface area contributed by atoms with Gasteiger partial charge >= 0.3 is 5.91 Å². The Morgan fingerprint density at radius 2 is 1.06 bits per heavy atom. The Kier molecular flexibility index (Phi) is 14.8. The van der Waals surface area contributed by atoms with Crippen molar-refractivity contribution in [3.05, 3.63) is 29.8 Å². The van der Waals surface area contributed by atoms with E-state index in [1.807, 2.05) is 0 Å². The van der Waals surface area contributed by atoms with E-state index >= 15 is 0 Å². The summed E-state index contributed by atoms with van der Waals surface area (Å²) in [6.45, 7) is 1.68. The quantitative estimate of drug-likeness (QED) is 0.453. The molecule has 166 valence electrons. The third-order valence-corrected chi connectivity index (χ3v) is 3.26. The number of hydrogen-bond acceptors (Lipinski definition) is 3. The molecule has 0 saturated carbocycles. The van der Waals surface area contributed by atoms with Gasteiger partial charge < -0.3 is 5.11 Å². The van der Waals surface area contributed by atoms with Crippen LogP contribution >= 0.6 is 0 Å². The van der Waals surface area contributed by atoms with Gasteiger partial charge in [-0.1, -0.05) is 18.1 Å². The van der Waals surface area contributed by atoms with Crippen molar-refractivity contribution < 1.29 is 14.7 Å². The van der Waals surface area contributed by atoms with E-state index in [4.69, 9.17) is 0 Å². The fourth-order valence-electron chi connectivity index (χ4n) is 1.79. The first-order valence-electron chi connectivity index (χ1n) is 9.91. The van der Waals surface area contributed by atoms with Crippen molar-refractivity contribution >= 4 is 11.8 Å². The number of phenolic OH excluding ortho intramolecular Hbond substituents is 1. The van der Waals surface area contributed by atoms with Crippen molar-refractivity contribution in [1.82, 2.24) is 10.9 Å². The second-order valence-corrected chi connectivity index (χ2v) is 5.79. The van der Waals surface area contributed by atoms with Gasteiger partial charge in [-0.3, -0.25) is 20.4 Å². The first-order valence-corrected chi connectivity index (χ1v) is 9.91. The summed E-state index contributed by atoms with van der Waals surface area (Å²) in [6.07, 6.45) is 0.609. The van der Waals surface area contributed by atoms with Crippen LogP contribution < -0.4 is 10.9 Å². The van der Waals surface area contributed by atoms with E-state index in [-0.39, 0.29) is 18.1 Å². The number of amides is 2. The van der Waals surface area contributed by atoms with Crippen molar-refractivity contribution in [1.29, 1.82) is 0 Å². The average Bonchev–Trinajstić information content (AvgIpc) is 2.88. The maximum atomic E-state index is 11.7. The lowest BCUT2D eigenvalue weighted by Crippen LogP contribution is -2.41. The number of aryl methyl sites for hydroxylation is 1. The fourth-order valence-corrected chi connectivity index (χ4v) is 1.79. The molecule has 2 amide bonds. The number of rotatable bonds is 3. The van der Waals surface area contributed by atoms with E-state index in [1.54, 1.807) is 19.1 Å². The summed E-state index contributed by atoms with van der Waals surface area (Å²) in [5.41, 5.74) is 5.28.